The number of amides is 1. The second kappa shape index (κ2) is 10.5. The standard InChI is InChI=1S/C22H17BrCl2N2O3/c1-29-21-11-14(12-26-27-22(28)16-4-2-3-5-17(16)23)7-9-20(21)30-13-15-6-8-18(24)19(25)10-15/h2-12H,13H2,1H3,(H,27,28)/b26-12-. The van der Waals surface area contributed by atoms with Crippen molar-refractivity contribution in [3.63, 3.8) is 0 Å². The smallest absolute Gasteiger partial charge is 0.272 e. The van der Waals surface area contributed by atoms with Gasteiger partial charge in [-0.2, -0.15) is 5.10 Å². The van der Waals surface area contributed by atoms with E-state index >= 15 is 0 Å². The summed E-state index contributed by atoms with van der Waals surface area (Å²) in [5.41, 5.74) is 4.62. The molecule has 3 rings (SSSR count). The van der Waals surface area contributed by atoms with Crippen molar-refractivity contribution in [2.24, 2.45) is 5.10 Å². The van der Waals surface area contributed by atoms with Crippen LogP contribution in [0.4, 0.5) is 0 Å². The molecule has 0 aliphatic rings. The molecule has 0 radical (unpaired) electrons. The number of hydrazone groups is 1. The van der Waals surface area contributed by atoms with Crippen LogP contribution >= 0.6 is 39.1 Å². The number of nitrogens with one attached hydrogen (secondary N) is 1. The Balaban J connectivity index is 1.64. The van der Waals surface area contributed by atoms with E-state index in [1.165, 1.54) is 6.21 Å². The molecule has 154 valence electrons. The maximum absolute atomic E-state index is 12.2. The summed E-state index contributed by atoms with van der Waals surface area (Å²) in [7, 11) is 1.55. The molecule has 0 fully saturated rings. The summed E-state index contributed by atoms with van der Waals surface area (Å²) in [5.74, 6) is 0.793. The monoisotopic (exact) mass is 506 g/mol. The first-order valence-corrected chi connectivity index (χ1v) is 10.4. The molecule has 5 nitrogen and oxygen atoms in total. The fourth-order valence-electron chi connectivity index (χ4n) is 2.55. The van der Waals surface area contributed by atoms with Gasteiger partial charge in [0.1, 0.15) is 6.61 Å². The van der Waals surface area contributed by atoms with Crippen LogP contribution in [-0.2, 0) is 6.61 Å². The normalized spacial score (nSPS) is 10.8. The second-order valence-corrected chi connectivity index (χ2v) is 7.80. The van der Waals surface area contributed by atoms with Gasteiger partial charge in [0, 0.05) is 4.47 Å². The number of carbonyl (C=O) groups is 1. The second-order valence-electron chi connectivity index (χ2n) is 6.13. The van der Waals surface area contributed by atoms with Crippen LogP contribution < -0.4 is 14.9 Å². The van der Waals surface area contributed by atoms with Crippen molar-refractivity contribution in [3.8, 4) is 11.5 Å². The van der Waals surface area contributed by atoms with Crippen molar-refractivity contribution in [1.29, 1.82) is 0 Å². The quantitative estimate of drug-likeness (QED) is 0.310. The Morgan fingerprint density at radius 2 is 1.87 bits per heavy atom. The van der Waals surface area contributed by atoms with Gasteiger partial charge in [0.15, 0.2) is 11.5 Å². The zero-order valence-electron chi connectivity index (χ0n) is 15.9. The molecule has 0 spiro atoms. The van der Waals surface area contributed by atoms with E-state index in [9.17, 15) is 4.79 Å². The predicted molar refractivity (Wildman–Crippen MR) is 123 cm³/mol. The Morgan fingerprint density at radius 3 is 2.60 bits per heavy atom. The molecule has 8 heteroatoms. The van der Waals surface area contributed by atoms with Crippen molar-refractivity contribution in [2.75, 3.05) is 7.11 Å². The summed E-state index contributed by atoms with van der Waals surface area (Å²) in [6.07, 6.45) is 1.53. The topological polar surface area (TPSA) is 59.9 Å². The van der Waals surface area contributed by atoms with E-state index in [1.807, 2.05) is 12.1 Å². The lowest BCUT2D eigenvalue weighted by Crippen LogP contribution is -2.18. The molecule has 0 saturated heterocycles. The molecular weight excluding hydrogens is 491 g/mol. The highest BCUT2D eigenvalue weighted by atomic mass is 79.9. The Bertz CT molecular complexity index is 1090. The van der Waals surface area contributed by atoms with Crippen LogP contribution in [0.15, 0.2) is 70.2 Å². The molecule has 0 saturated carbocycles. The van der Waals surface area contributed by atoms with Gasteiger partial charge in [0.2, 0.25) is 0 Å². The number of hydrogen-bond acceptors (Lipinski definition) is 4. The molecular formula is C22H17BrCl2N2O3. The van der Waals surface area contributed by atoms with E-state index in [4.69, 9.17) is 32.7 Å². The minimum Gasteiger partial charge on any atom is -0.493 e. The average molecular weight is 508 g/mol. The number of ether oxygens (including phenoxy) is 2. The minimum absolute atomic E-state index is 0.308. The highest BCUT2D eigenvalue weighted by molar-refractivity contribution is 9.10. The van der Waals surface area contributed by atoms with Gasteiger partial charge in [0.25, 0.3) is 5.91 Å². The molecule has 0 bridgehead atoms. The summed E-state index contributed by atoms with van der Waals surface area (Å²) in [5, 5.41) is 4.97. The van der Waals surface area contributed by atoms with E-state index in [-0.39, 0.29) is 5.91 Å². The molecule has 30 heavy (non-hydrogen) atoms. The third kappa shape index (κ3) is 5.75. The fourth-order valence-corrected chi connectivity index (χ4v) is 3.33. The first-order valence-electron chi connectivity index (χ1n) is 8.80. The molecule has 1 N–H and O–H groups in total. The molecule has 0 heterocycles. The fraction of sp³-hybridized carbons (Fsp3) is 0.0909. The van der Waals surface area contributed by atoms with Gasteiger partial charge in [-0.25, -0.2) is 5.43 Å². The highest BCUT2D eigenvalue weighted by Gasteiger charge is 2.09. The lowest BCUT2D eigenvalue weighted by Gasteiger charge is -2.11. The van der Waals surface area contributed by atoms with Crippen LogP contribution in [0.25, 0.3) is 0 Å². The summed E-state index contributed by atoms with van der Waals surface area (Å²) in [4.78, 5) is 12.2. The molecule has 0 aliphatic heterocycles. The first kappa shape index (κ1) is 22.2. The van der Waals surface area contributed by atoms with E-state index < -0.39 is 0 Å². The number of benzene rings is 3. The Hall–Kier alpha value is -2.54. The van der Waals surface area contributed by atoms with Crippen LogP contribution in [0.3, 0.4) is 0 Å². The van der Waals surface area contributed by atoms with Gasteiger partial charge in [-0.3, -0.25) is 4.79 Å². The maximum atomic E-state index is 12.2. The Kier molecular flexibility index (Phi) is 7.74. The van der Waals surface area contributed by atoms with Crippen LogP contribution in [-0.4, -0.2) is 19.2 Å². The maximum Gasteiger partial charge on any atom is 0.272 e. The summed E-state index contributed by atoms with van der Waals surface area (Å²) >= 11 is 15.3. The molecule has 3 aromatic carbocycles. The van der Waals surface area contributed by atoms with Crippen molar-refractivity contribution in [3.05, 3.63) is 91.9 Å². The number of rotatable bonds is 7. The molecule has 1 amide bonds. The van der Waals surface area contributed by atoms with E-state index in [0.717, 1.165) is 11.1 Å². The van der Waals surface area contributed by atoms with Gasteiger partial charge in [-0.05, 0) is 69.5 Å². The summed E-state index contributed by atoms with van der Waals surface area (Å²) in [6.45, 7) is 0.308. The van der Waals surface area contributed by atoms with Gasteiger partial charge in [-0.15, -0.1) is 0 Å². The Morgan fingerprint density at radius 1 is 1.07 bits per heavy atom. The number of carbonyl (C=O) groups excluding carboxylic acids is 1. The average Bonchev–Trinajstić information content (AvgIpc) is 2.75. The zero-order chi connectivity index (χ0) is 21.5. The third-order valence-corrected chi connectivity index (χ3v) is 5.49. The third-order valence-electron chi connectivity index (χ3n) is 4.06. The lowest BCUT2D eigenvalue weighted by molar-refractivity contribution is 0.0954. The zero-order valence-corrected chi connectivity index (χ0v) is 19.0. The van der Waals surface area contributed by atoms with E-state index in [2.05, 4.69) is 26.5 Å². The number of methoxy groups -OCH3 is 1. The van der Waals surface area contributed by atoms with Gasteiger partial charge in [-0.1, -0.05) is 41.4 Å². The molecule has 3 aromatic rings. The lowest BCUT2D eigenvalue weighted by atomic mass is 10.2. The Labute approximate surface area is 192 Å². The summed E-state index contributed by atoms with van der Waals surface area (Å²) in [6, 6.07) is 17.8. The van der Waals surface area contributed by atoms with Gasteiger partial charge in [0.05, 0.1) is 28.9 Å². The minimum atomic E-state index is -0.313. The van der Waals surface area contributed by atoms with Crippen LogP contribution in [0.2, 0.25) is 10.0 Å². The SMILES string of the molecule is COc1cc(/C=N\NC(=O)c2ccccc2Br)ccc1OCc1ccc(Cl)c(Cl)c1. The van der Waals surface area contributed by atoms with E-state index in [0.29, 0.717) is 38.2 Å². The molecule has 0 aromatic heterocycles. The summed E-state index contributed by atoms with van der Waals surface area (Å²) < 4.78 is 11.9. The number of nitrogens with zero attached hydrogens (tertiary/aromatic N) is 1. The molecule has 0 unspecified atom stereocenters. The molecule has 0 aliphatic carbocycles. The number of hydrogen-bond donors (Lipinski definition) is 1. The van der Waals surface area contributed by atoms with Crippen molar-refractivity contribution in [2.45, 2.75) is 6.61 Å². The van der Waals surface area contributed by atoms with E-state index in [1.54, 1.807) is 55.6 Å². The number of halogens is 3. The predicted octanol–water partition coefficient (Wildman–Crippen LogP) is 6.11. The van der Waals surface area contributed by atoms with Crippen molar-refractivity contribution < 1.29 is 14.3 Å². The van der Waals surface area contributed by atoms with Crippen LogP contribution in [0, 0.1) is 0 Å². The van der Waals surface area contributed by atoms with Crippen molar-refractivity contribution in [1.82, 2.24) is 5.43 Å². The van der Waals surface area contributed by atoms with Crippen LogP contribution in [0.1, 0.15) is 21.5 Å². The first-order chi connectivity index (χ1) is 14.5. The molecule has 0 atom stereocenters. The van der Waals surface area contributed by atoms with Crippen LogP contribution in [0.5, 0.6) is 11.5 Å². The van der Waals surface area contributed by atoms with Gasteiger partial charge < -0.3 is 9.47 Å². The van der Waals surface area contributed by atoms with Crippen molar-refractivity contribution >= 4 is 51.3 Å². The highest BCUT2D eigenvalue weighted by Crippen LogP contribution is 2.29. The van der Waals surface area contributed by atoms with Gasteiger partial charge >= 0.3 is 0 Å². The largest absolute Gasteiger partial charge is 0.493 e.